The van der Waals surface area contributed by atoms with Crippen molar-refractivity contribution in [3.05, 3.63) is 68.1 Å². The van der Waals surface area contributed by atoms with E-state index in [0.717, 1.165) is 36.6 Å². The second-order valence-corrected chi connectivity index (χ2v) is 10.1. The van der Waals surface area contributed by atoms with Crippen LogP contribution in [-0.2, 0) is 17.8 Å². The topological polar surface area (TPSA) is 45.4 Å². The third-order valence-electron chi connectivity index (χ3n) is 4.42. The molecule has 6 heteroatoms. The van der Waals surface area contributed by atoms with E-state index in [1.54, 1.807) is 12.5 Å². The molecule has 1 heterocycles. The first-order valence-electron chi connectivity index (χ1n) is 8.90. The fourth-order valence-electron chi connectivity index (χ4n) is 2.88. The van der Waals surface area contributed by atoms with Crippen LogP contribution in [0.25, 0.3) is 17.0 Å². The van der Waals surface area contributed by atoms with Crippen LogP contribution in [0.3, 0.4) is 0 Å². The molecule has 0 aliphatic carbocycles. The Balaban J connectivity index is 1.92. The first-order chi connectivity index (χ1) is 13.4. The molecule has 1 aromatic heterocycles. The van der Waals surface area contributed by atoms with Gasteiger partial charge in [-0.15, -0.1) is 0 Å². The van der Waals surface area contributed by atoms with Gasteiger partial charge in [-0.1, -0.05) is 37.7 Å². The van der Waals surface area contributed by atoms with Gasteiger partial charge in [-0.3, -0.25) is 0 Å². The van der Waals surface area contributed by atoms with Crippen LogP contribution in [0.2, 0.25) is 0 Å². The van der Waals surface area contributed by atoms with Gasteiger partial charge in [0.05, 0.1) is 10.7 Å². The SMILES string of the molecule is CSC(=Cc1ccc(C(C)C)cc1OCc1cc(Br)c2occc2c1)[S+](C)[O-]. The van der Waals surface area contributed by atoms with E-state index in [1.807, 2.05) is 30.5 Å². The minimum Gasteiger partial charge on any atom is -0.611 e. The third kappa shape index (κ3) is 4.98. The molecule has 3 nitrogen and oxygen atoms in total. The molecule has 0 aliphatic heterocycles. The van der Waals surface area contributed by atoms with Gasteiger partial charge in [-0.25, -0.2) is 0 Å². The van der Waals surface area contributed by atoms with E-state index in [-0.39, 0.29) is 0 Å². The van der Waals surface area contributed by atoms with E-state index in [0.29, 0.717) is 12.5 Å². The number of fused-ring (bicyclic) bond motifs is 1. The Morgan fingerprint density at radius 3 is 2.75 bits per heavy atom. The smallest absolute Gasteiger partial charge is 0.186 e. The van der Waals surface area contributed by atoms with Gasteiger partial charge in [-0.05, 0) is 74.7 Å². The molecule has 1 atom stereocenters. The van der Waals surface area contributed by atoms with Crippen LogP contribution in [0, 0.1) is 0 Å². The lowest BCUT2D eigenvalue weighted by Gasteiger charge is -2.14. The van der Waals surface area contributed by atoms with Crippen LogP contribution < -0.4 is 4.74 Å². The van der Waals surface area contributed by atoms with Gasteiger partial charge in [0, 0.05) is 17.0 Å². The second kappa shape index (κ2) is 9.44. The molecule has 0 amide bonds. The maximum absolute atomic E-state index is 11.9. The highest BCUT2D eigenvalue weighted by Gasteiger charge is 2.13. The summed E-state index contributed by atoms with van der Waals surface area (Å²) in [6.45, 7) is 4.76. The van der Waals surface area contributed by atoms with E-state index in [2.05, 4.69) is 48.0 Å². The van der Waals surface area contributed by atoms with Crippen molar-refractivity contribution in [2.24, 2.45) is 0 Å². The van der Waals surface area contributed by atoms with Gasteiger partial charge in [-0.2, -0.15) is 0 Å². The predicted octanol–water partition coefficient (Wildman–Crippen LogP) is 6.94. The van der Waals surface area contributed by atoms with Crippen molar-refractivity contribution >= 4 is 55.9 Å². The van der Waals surface area contributed by atoms with Crippen LogP contribution >= 0.6 is 27.7 Å². The number of hydrogen-bond acceptors (Lipinski definition) is 4. The summed E-state index contributed by atoms with van der Waals surface area (Å²) in [5.41, 5.74) is 4.04. The van der Waals surface area contributed by atoms with Crippen molar-refractivity contribution in [1.82, 2.24) is 0 Å². The van der Waals surface area contributed by atoms with Gasteiger partial charge in [0.25, 0.3) is 0 Å². The Kier molecular flexibility index (Phi) is 7.20. The van der Waals surface area contributed by atoms with E-state index in [9.17, 15) is 4.55 Å². The summed E-state index contributed by atoms with van der Waals surface area (Å²) in [5.74, 6) is 1.20. The number of thioether (sulfide) groups is 1. The Morgan fingerprint density at radius 2 is 2.07 bits per heavy atom. The largest absolute Gasteiger partial charge is 0.611 e. The van der Waals surface area contributed by atoms with Crippen LogP contribution in [0.15, 0.2) is 55.8 Å². The fraction of sp³-hybridized carbons (Fsp3) is 0.273. The van der Waals surface area contributed by atoms with Crippen molar-refractivity contribution < 1.29 is 13.7 Å². The lowest BCUT2D eigenvalue weighted by Crippen LogP contribution is -2.01. The molecule has 0 saturated heterocycles. The first-order valence-corrected chi connectivity index (χ1v) is 12.5. The molecule has 0 spiro atoms. The molecule has 2 aromatic carbocycles. The molecule has 0 bridgehead atoms. The number of rotatable bonds is 7. The molecule has 0 N–H and O–H groups in total. The number of ether oxygens (including phenoxy) is 1. The second-order valence-electron chi connectivity index (χ2n) is 6.78. The molecular weight excluding hydrogens is 456 g/mol. The van der Waals surface area contributed by atoms with Crippen LogP contribution in [-0.4, -0.2) is 17.1 Å². The molecule has 148 valence electrons. The summed E-state index contributed by atoms with van der Waals surface area (Å²) in [5, 5.41) is 1.04. The highest BCUT2D eigenvalue weighted by molar-refractivity contribution is 9.10. The van der Waals surface area contributed by atoms with Gasteiger partial charge in [0.1, 0.15) is 24.2 Å². The number of hydrogen-bond donors (Lipinski definition) is 0. The van der Waals surface area contributed by atoms with Gasteiger partial charge >= 0.3 is 0 Å². The fourth-order valence-corrected chi connectivity index (χ4v) is 4.97. The zero-order chi connectivity index (χ0) is 20.3. The van der Waals surface area contributed by atoms with E-state index in [4.69, 9.17) is 9.15 Å². The van der Waals surface area contributed by atoms with Gasteiger partial charge < -0.3 is 13.7 Å². The molecular formula is C22H23BrO3S2. The predicted molar refractivity (Wildman–Crippen MR) is 124 cm³/mol. The highest BCUT2D eigenvalue weighted by Crippen LogP contribution is 2.32. The van der Waals surface area contributed by atoms with Crippen molar-refractivity contribution in [2.75, 3.05) is 12.5 Å². The maximum Gasteiger partial charge on any atom is 0.186 e. The van der Waals surface area contributed by atoms with Crippen molar-refractivity contribution in [2.45, 2.75) is 26.4 Å². The lowest BCUT2D eigenvalue weighted by atomic mass is 10.0. The monoisotopic (exact) mass is 478 g/mol. The van der Waals surface area contributed by atoms with Gasteiger partial charge in [0.15, 0.2) is 4.24 Å². The minimum absolute atomic E-state index is 0.400. The Hall–Kier alpha value is -1.34. The van der Waals surface area contributed by atoms with Crippen LogP contribution in [0.5, 0.6) is 5.75 Å². The summed E-state index contributed by atoms with van der Waals surface area (Å²) >= 11 is 4.03. The average molecular weight is 479 g/mol. The Morgan fingerprint density at radius 1 is 1.29 bits per heavy atom. The number of furan rings is 1. The normalized spacial score (nSPS) is 13.3. The standard InChI is InChI=1S/C22H23BrO3S2/c1-14(2)16-5-6-17(12-21(27-3)28(4)24)20(11-16)26-13-15-9-18-7-8-25-22(18)19(23)10-15/h5-12,14H,13H2,1-4H3. The van der Waals surface area contributed by atoms with Crippen LogP contribution in [0.4, 0.5) is 0 Å². The van der Waals surface area contributed by atoms with Crippen molar-refractivity contribution in [3.8, 4) is 5.75 Å². The first kappa shape index (κ1) is 21.4. The highest BCUT2D eigenvalue weighted by atomic mass is 79.9. The zero-order valence-corrected chi connectivity index (χ0v) is 19.5. The summed E-state index contributed by atoms with van der Waals surface area (Å²) in [7, 11) is 0. The molecule has 3 rings (SSSR count). The molecule has 1 unspecified atom stereocenters. The minimum atomic E-state index is -1.03. The molecule has 28 heavy (non-hydrogen) atoms. The molecule has 0 aliphatic rings. The summed E-state index contributed by atoms with van der Waals surface area (Å²) < 4.78 is 25.4. The molecule has 0 radical (unpaired) electrons. The maximum atomic E-state index is 11.9. The van der Waals surface area contributed by atoms with E-state index in [1.165, 1.54) is 17.3 Å². The molecule has 0 fully saturated rings. The van der Waals surface area contributed by atoms with E-state index >= 15 is 0 Å². The number of halogens is 1. The molecule has 3 aromatic rings. The quantitative estimate of drug-likeness (QED) is 0.345. The van der Waals surface area contributed by atoms with Gasteiger partial charge in [0.2, 0.25) is 0 Å². The zero-order valence-electron chi connectivity index (χ0n) is 16.3. The Labute approximate surface area is 181 Å². The van der Waals surface area contributed by atoms with Crippen molar-refractivity contribution in [3.63, 3.8) is 0 Å². The third-order valence-corrected chi connectivity index (χ3v) is 7.42. The lowest BCUT2D eigenvalue weighted by molar-refractivity contribution is 0.305. The molecule has 0 saturated carbocycles. The summed E-state index contributed by atoms with van der Waals surface area (Å²) in [6, 6.07) is 12.3. The average Bonchev–Trinajstić information content (AvgIpc) is 3.13. The summed E-state index contributed by atoms with van der Waals surface area (Å²) in [6.07, 6.45) is 7.27. The van der Waals surface area contributed by atoms with Crippen LogP contribution in [0.1, 0.15) is 36.5 Å². The summed E-state index contributed by atoms with van der Waals surface area (Å²) in [4.78, 5) is 0. The Bertz CT molecular complexity index is 993. The number of benzene rings is 2. The van der Waals surface area contributed by atoms with Crippen molar-refractivity contribution in [1.29, 1.82) is 0 Å². The van der Waals surface area contributed by atoms with E-state index < -0.39 is 11.2 Å².